The van der Waals surface area contributed by atoms with Crippen LogP contribution in [0, 0.1) is 0 Å². The number of hydrogen-bond donors (Lipinski definition) is 5. The maximum Gasteiger partial charge on any atom is 0.411 e. The minimum Gasteiger partial charge on any atom is -0.465 e. The second-order valence-corrected chi connectivity index (χ2v) is 30.6. The summed E-state index contributed by atoms with van der Waals surface area (Å²) in [6.07, 6.45) is 7.39. The smallest absolute Gasteiger partial charge is 0.411 e. The third-order valence-corrected chi connectivity index (χ3v) is 20.9. The Morgan fingerprint density at radius 2 is 0.766 bits per heavy atom. The zero-order chi connectivity index (χ0) is 91.5. The number of amides is 5. The number of carbonyl (C=O) groups excluding carboxylic acids is 5. The molecule has 0 bridgehead atoms. The van der Waals surface area contributed by atoms with Crippen LogP contribution in [0.15, 0.2) is 152 Å². The van der Waals surface area contributed by atoms with Gasteiger partial charge < -0.3 is 87.6 Å². The van der Waals surface area contributed by atoms with Gasteiger partial charge in [0.25, 0.3) is 0 Å². The first kappa shape index (κ1) is 109. The van der Waals surface area contributed by atoms with E-state index in [1.54, 1.807) is 26.1 Å². The predicted octanol–water partition coefficient (Wildman–Crippen LogP) is 22.9. The average Bonchev–Trinajstić information content (AvgIpc) is 0.784. The number of methoxy groups -OCH3 is 1. The first-order chi connectivity index (χ1) is 59.4. The van der Waals surface area contributed by atoms with E-state index >= 15 is 0 Å². The monoisotopic (exact) mass is 1740 g/mol. The van der Waals surface area contributed by atoms with Crippen molar-refractivity contribution in [1.29, 1.82) is 0 Å². The Bertz CT molecular complexity index is 3770. The quantitative estimate of drug-likeness (QED) is 0.0135. The van der Waals surface area contributed by atoms with Gasteiger partial charge in [-0.3, -0.25) is 10.1 Å². The van der Waals surface area contributed by atoms with Gasteiger partial charge in [-0.1, -0.05) is 187 Å². The number of anilines is 1. The van der Waals surface area contributed by atoms with Crippen molar-refractivity contribution in [2.45, 2.75) is 286 Å². The van der Waals surface area contributed by atoms with E-state index in [4.69, 9.17) is 61.6 Å². The molecule has 6 aromatic rings. The lowest BCUT2D eigenvalue weighted by Crippen LogP contribution is -2.38. The van der Waals surface area contributed by atoms with Crippen LogP contribution in [0.4, 0.5) is 38.0 Å². The van der Waals surface area contributed by atoms with Crippen LogP contribution in [0.3, 0.4) is 0 Å². The fourth-order valence-electron chi connectivity index (χ4n) is 12.1. The molecule has 10 atom stereocenters. The van der Waals surface area contributed by atoms with E-state index in [-0.39, 0.29) is 68.8 Å². The highest BCUT2D eigenvalue weighted by atomic mass is 19.4. The number of ether oxygens (including phenoxy) is 14. The Morgan fingerprint density at radius 1 is 0.403 bits per heavy atom. The van der Waals surface area contributed by atoms with Crippen molar-refractivity contribution in [1.82, 2.24) is 21.3 Å². The molecule has 27 heteroatoms. The molecule has 0 aliphatic heterocycles. The fraction of sp³-hybridized carbons (Fsp3) is 0.577. The van der Waals surface area contributed by atoms with Gasteiger partial charge in [-0.2, -0.15) is 13.2 Å². The summed E-state index contributed by atoms with van der Waals surface area (Å²) in [5, 5.41) is 13.4. The third-order valence-electron chi connectivity index (χ3n) is 20.9. The number of rotatable bonds is 48. The summed E-state index contributed by atoms with van der Waals surface area (Å²) in [6.45, 7) is 34.6. The van der Waals surface area contributed by atoms with Crippen molar-refractivity contribution in [3.63, 3.8) is 0 Å². The molecule has 1 aliphatic carbocycles. The number of nitrogens with one attached hydrogen (secondary N) is 5. The zero-order valence-electron chi connectivity index (χ0n) is 77.0. The molecule has 0 saturated heterocycles. The lowest BCUT2D eigenvalue weighted by molar-refractivity contribution is -0.186. The summed E-state index contributed by atoms with van der Waals surface area (Å²) in [7, 11) is 2.89. The Kier molecular flexibility index (Phi) is 55.5. The van der Waals surface area contributed by atoms with Gasteiger partial charge in [0.05, 0.1) is 45.6 Å². The molecule has 1 saturated carbocycles. The summed E-state index contributed by atoms with van der Waals surface area (Å²) in [5.74, 6) is 5.65. The van der Waals surface area contributed by atoms with Crippen LogP contribution in [0.1, 0.15) is 265 Å². The molecule has 7 rings (SSSR count). The molecule has 24 nitrogen and oxygen atoms in total. The second-order valence-electron chi connectivity index (χ2n) is 30.6. The number of unbranched alkanes of at least 4 members (excludes halogenated alkanes) is 3. The first-order valence-electron chi connectivity index (χ1n) is 44.3. The molecule has 0 radical (unpaired) electrons. The fourth-order valence-corrected chi connectivity index (χ4v) is 12.1. The van der Waals surface area contributed by atoms with E-state index in [9.17, 15) is 37.1 Å². The van der Waals surface area contributed by atoms with E-state index in [0.29, 0.717) is 87.5 Å². The number of benzene rings is 6. The van der Waals surface area contributed by atoms with Gasteiger partial charge in [-0.05, 0) is 224 Å². The molecule has 5 N–H and O–H groups in total. The van der Waals surface area contributed by atoms with Gasteiger partial charge in [-0.15, -0.1) is 0 Å². The van der Waals surface area contributed by atoms with Crippen molar-refractivity contribution in [3.8, 4) is 28.7 Å². The number of para-hydroxylation sites is 1. The molecular formula is C97H146F3N5O19. The van der Waals surface area contributed by atoms with Gasteiger partial charge in [0.15, 0.2) is 31.5 Å². The van der Waals surface area contributed by atoms with Crippen molar-refractivity contribution in [2.24, 2.45) is 0 Å². The normalized spacial score (nSPS) is 14.4. The lowest BCUT2D eigenvalue weighted by Gasteiger charge is -2.31. The van der Waals surface area contributed by atoms with Gasteiger partial charge >= 0.3 is 30.5 Å². The molecule has 0 spiro atoms. The molecular weight excluding hydrogens is 1600 g/mol. The van der Waals surface area contributed by atoms with Crippen molar-refractivity contribution in [3.05, 3.63) is 179 Å². The summed E-state index contributed by atoms with van der Waals surface area (Å²) < 4.78 is 115. The van der Waals surface area contributed by atoms with Gasteiger partial charge in [0.2, 0.25) is 5.91 Å². The maximum absolute atomic E-state index is 13.3. The number of alkyl halides is 3. The topological polar surface area (TPSA) is 275 Å². The van der Waals surface area contributed by atoms with E-state index in [0.717, 1.165) is 74.4 Å². The molecule has 1 fully saturated rings. The van der Waals surface area contributed by atoms with Crippen LogP contribution in [0.5, 0.6) is 28.7 Å². The highest BCUT2D eigenvalue weighted by Gasteiger charge is 2.50. The van der Waals surface area contributed by atoms with E-state index < -0.39 is 48.9 Å². The number of halogens is 3. The van der Waals surface area contributed by atoms with Crippen LogP contribution >= 0.6 is 0 Å². The van der Waals surface area contributed by atoms with Crippen LogP contribution in [-0.2, 0) is 52.8 Å². The highest BCUT2D eigenvalue weighted by Crippen LogP contribution is 2.44. The van der Waals surface area contributed by atoms with Crippen LogP contribution in [0.25, 0.3) is 0 Å². The summed E-state index contributed by atoms with van der Waals surface area (Å²) in [5.41, 5.74) is 4.23. The van der Waals surface area contributed by atoms with Crippen LogP contribution in [-0.4, -0.2) is 154 Å². The van der Waals surface area contributed by atoms with Gasteiger partial charge in [0.1, 0.15) is 48.6 Å². The summed E-state index contributed by atoms with van der Waals surface area (Å²) >= 11 is 0. The second kappa shape index (κ2) is 63.4. The van der Waals surface area contributed by atoms with Crippen molar-refractivity contribution >= 4 is 36.0 Å². The van der Waals surface area contributed by atoms with Gasteiger partial charge in [0, 0.05) is 38.3 Å². The Balaban J connectivity index is 0.000000401. The average molecular weight is 1740 g/mol. The summed E-state index contributed by atoms with van der Waals surface area (Å²) in [4.78, 5) is 56.8. The zero-order valence-corrected chi connectivity index (χ0v) is 77.0. The predicted molar refractivity (Wildman–Crippen MR) is 481 cm³/mol. The van der Waals surface area contributed by atoms with E-state index in [2.05, 4.69) is 142 Å². The van der Waals surface area contributed by atoms with Gasteiger partial charge in [-0.25, -0.2) is 19.2 Å². The van der Waals surface area contributed by atoms with E-state index in [1.807, 2.05) is 94.4 Å². The SMILES string of the molecule is CCC(C)(c1ccc(OC(C)OCCCC(=O)NC)cc1)C(F)(F)F.CCC(C)c1ccc(OC(C)OCCNC(=O)OC)cc1.CCC(C)c1ccc(OC(C)OCCOC(=O)NC2CCCCC2)cc1.CCC(C)c1ccc(OC(C)OCCOC(=O)Nc2ccccc2)cc1.CCCCCCNC(=O)OCCOC(C)Oc1ccc(C(C)CC)cc1. The highest BCUT2D eigenvalue weighted by molar-refractivity contribution is 5.84. The molecule has 0 aromatic heterocycles. The third kappa shape index (κ3) is 47.0. The van der Waals surface area contributed by atoms with Crippen molar-refractivity contribution < 1.29 is 103 Å². The van der Waals surface area contributed by atoms with Crippen molar-refractivity contribution in [2.75, 3.05) is 85.4 Å². The Labute approximate surface area is 737 Å². The molecule has 124 heavy (non-hydrogen) atoms. The molecule has 0 heterocycles. The van der Waals surface area contributed by atoms with Crippen LogP contribution < -0.4 is 50.3 Å². The Hall–Kier alpha value is -9.54. The lowest BCUT2D eigenvalue weighted by atomic mass is 9.79. The minimum absolute atomic E-state index is 0.0401. The summed E-state index contributed by atoms with van der Waals surface area (Å²) in [6, 6.07) is 47.6. The standard InChI is InChI=1S/C21H33NO4.C21H27NO4.C21H35NO4.C18H26F3NO3.C16H25NO4/c2*1-4-16(2)18-10-12-20(13-11-18)26-17(3)24-14-15-25-21(23)22-19-8-6-5-7-9-19;1-5-7-8-9-14-22-21(23)25-16-15-24-18(4)26-20-12-10-19(11-13-20)17(3)6-2;1-5-17(3,18(19,20)21)14-8-10-15(11-9-14)25-13(2)24-12-6-7-16(23)22-4;1-5-12(2)14-6-8-15(9-7-14)21-13(3)20-11-10-17-16(18)19-4/h10-13,16-17,19H,4-9,14-15H2,1-3H3,(H,22,23);5-13,16-17H,4,14-15H2,1-3H3,(H,22,23);10-13,17-18H,5-9,14-16H2,1-4H3,(H,22,23);8-11,13H,5-7,12H2,1-4H3,(H,22,23);6-9,12-13H,5,10-11H2,1-4H3,(H,17,18). The molecule has 5 amide bonds. The number of hydrogen-bond acceptors (Lipinski definition) is 19. The largest absolute Gasteiger partial charge is 0.465 e. The number of alkyl carbamates (subject to hydrolysis) is 3. The van der Waals surface area contributed by atoms with E-state index in [1.165, 1.54) is 99.6 Å². The molecule has 10 unspecified atom stereocenters. The first-order valence-corrected chi connectivity index (χ1v) is 44.3. The molecule has 694 valence electrons. The maximum atomic E-state index is 13.3. The number of carbonyl (C=O) groups is 5. The Morgan fingerprint density at radius 3 is 1.13 bits per heavy atom. The minimum atomic E-state index is -4.31. The van der Waals surface area contributed by atoms with Crippen LogP contribution in [0.2, 0.25) is 0 Å². The molecule has 1 aliphatic rings. The molecule has 6 aromatic carbocycles.